The largest absolute Gasteiger partial charge is 0.374 e. The molecule has 3 atom stereocenters. The third kappa shape index (κ3) is 5.35. The molecule has 5 aliphatic heterocycles. The Morgan fingerprint density at radius 3 is 2.52 bits per heavy atom. The molecular weight excluding hydrogens is 597 g/mol. The Morgan fingerprint density at radius 2 is 1.89 bits per heavy atom. The molecule has 248 valence electrons. The molecule has 0 spiro atoms. The number of pyridine rings is 2. The predicted octanol–water partition coefficient (Wildman–Crippen LogP) is 4.15. The van der Waals surface area contributed by atoms with Gasteiger partial charge in [0.25, 0.3) is 6.43 Å². The van der Waals surface area contributed by atoms with Gasteiger partial charge in [-0.2, -0.15) is 0 Å². The molecule has 0 radical (unpaired) electrons. The van der Waals surface area contributed by atoms with Gasteiger partial charge in [-0.05, 0) is 49.0 Å². The van der Waals surface area contributed by atoms with E-state index in [0.29, 0.717) is 76.1 Å². The zero-order chi connectivity index (χ0) is 32.2. The minimum atomic E-state index is -2.79. The normalized spacial score (nSPS) is 26.6. The molecule has 4 saturated heterocycles. The number of hydrogen-bond acceptors (Lipinski definition) is 8. The number of carbonyl (C=O) groups is 1. The minimum absolute atomic E-state index is 0.0558. The van der Waals surface area contributed by atoms with Crippen LogP contribution in [0.4, 0.5) is 24.7 Å². The lowest BCUT2D eigenvalue weighted by molar-refractivity contribution is -0.205. The molecule has 0 aliphatic carbocycles. The van der Waals surface area contributed by atoms with Crippen molar-refractivity contribution in [3.8, 4) is 0 Å². The second kappa shape index (κ2) is 12.4. The van der Waals surface area contributed by atoms with Gasteiger partial charge in [-0.1, -0.05) is 6.58 Å². The standard InChI is InChI=1S/C34H43F3N6O3/c1-4-29(44)42-13-11-40(12-14-42)27-18-43-25-17-28(39-31(33(36)37)24(25)15-23(35)16-26(27)43)41-9-6-22(7-10-41)30-21(2)5-8-38-32(30)34(45-3)19-46-20-34/h4-5,8,17,22-23,26-27,33H,1,6-7,9-16,18-20H2,2-3H3/t23-,26+,27-/m1/s1. The van der Waals surface area contributed by atoms with Crippen LogP contribution in [0.3, 0.4) is 0 Å². The number of anilines is 2. The maximum absolute atomic E-state index is 15.4. The maximum Gasteiger partial charge on any atom is 0.280 e. The van der Waals surface area contributed by atoms with Crippen molar-refractivity contribution >= 4 is 17.4 Å². The van der Waals surface area contributed by atoms with E-state index in [-0.39, 0.29) is 42.4 Å². The SMILES string of the molecule is C=CC(=O)N1CCN([C@@H]2CN3c4cc(N5CCC(c6c(C)ccnc6C6(OC)COC6)CC5)nc(C(F)F)c4C[C@@H](F)C[C@@H]23)CC1. The van der Waals surface area contributed by atoms with Gasteiger partial charge in [0.2, 0.25) is 5.91 Å². The number of ether oxygens (including phenoxy) is 2. The van der Waals surface area contributed by atoms with E-state index in [1.807, 2.05) is 18.3 Å². The molecule has 0 unspecified atom stereocenters. The molecule has 0 N–H and O–H groups in total. The molecule has 0 aromatic carbocycles. The van der Waals surface area contributed by atoms with Gasteiger partial charge in [-0.3, -0.25) is 14.7 Å². The molecule has 5 aliphatic rings. The number of hydrogen-bond donors (Lipinski definition) is 0. The molecule has 2 aromatic heterocycles. The highest BCUT2D eigenvalue weighted by Gasteiger charge is 2.48. The Balaban J connectivity index is 1.11. The number of fused-ring (bicyclic) bond motifs is 3. The lowest BCUT2D eigenvalue weighted by Gasteiger charge is -2.55. The Bertz CT molecular complexity index is 1470. The molecule has 0 bridgehead atoms. The highest BCUT2D eigenvalue weighted by Crippen LogP contribution is 2.45. The number of methoxy groups -OCH3 is 1. The summed E-state index contributed by atoms with van der Waals surface area (Å²) in [6, 6.07) is 3.96. The first-order valence-electron chi connectivity index (χ1n) is 16.4. The minimum Gasteiger partial charge on any atom is -0.374 e. The number of amides is 1. The van der Waals surface area contributed by atoms with Crippen molar-refractivity contribution in [2.24, 2.45) is 0 Å². The van der Waals surface area contributed by atoms with Crippen LogP contribution < -0.4 is 9.80 Å². The first-order valence-corrected chi connectivity index (χ1v) is 16.4. The molecule has 1 amide bonds. The first kappa shape index (κ1) is 31.4. The third-order valence-corrected chi connectivity index (χ3v) is 11.0. The average molecular weight is 641 g/mol. The summed E-state index contributed by atoms with van der Waals surface area (Å²) in [7, 11) is 1.70. The fourth-order valence-corrected chi connectivity index (χ4v) is 8.27. The van der Waals surface area contributed by atoms with Crippen LogP contribution in [0.5, 0.6) is 0 Å². The van der Waals surface area contributed by atoms with Gasteiger partial charge >= 0.3 is 0 Å². The van der Waals surface area contributed by atoms with Gasteiger partial charge in [0.1, 0.15) is 17.7 Å². The van der Waals surface area contributed by atoms with Gasteiger partial charge in [-0.25, -0.2) is 18.2 Å². The number of aryl methyl sites for hydroxylation is 1. The number of aromatic nitrogens is 2. The van der Waals surface area contributed by atoms with Crippen molar-refractivity contribution in [3.05, 3.63) is 59.1 Å². The topological polar surface area (TPSA) is 74.3 Å². The van der Waals surface area contributed by atoms with Crippen LogP contribution in [0.2, 0.25) is 0 Å². The summed E-state index contributed by atoms with van der Waals surface area (Å²) >= 11 is 0. The molecule has 7 rings (SSSR count). The van der Waals surface area contributed by atoms with Crippen LogP contribution in [0.25, 0.3) is 0 Å². The number of halogens is 3. The lowest BCUT2D eigenvalue weighted by atomic mass is 9.80. The summed E-state index contributed by atoms with van der Waals surface area (Å²) in [5.74, 6) is 0.707. The Morgan fingerprint density at radius 1 is 1.15 bits per heavy atom. The number of piperidine rings is 1. The molecule has 12 heteroatoms. The predicted molar refractivity (Wildman–Crippen MR) is 168 cm³/mol. The quantitative estimate of drug-likeness (QED) is 0.419. The zero-order valence-electron chi connectivity index (χ0n) is 26.6. The van der Waals surface area contributed by atoms with Gasteiger partial charge in [0.05, 0.1) is 18.9 Å². The van der Waals surface area contributed by atoms with Crippen LogP contribution in [0.1, 0.15) is 59.7 Å². The summed E-state index contributed by atoms with van der Waals surface area (Å²) in [5, 5.41) is 0. The third-order valence-electron chi connectivity index (χ3n) is 11.0. The fourth-order valence-electron chi connectivity index (χ4n) is 8.27. The van der Waals surface area contributed by atoms with Crippen molar-refractivity contribution in [1.82, 2.24) is 19.8 Å². The van der Waals surface area contributed by atoms with E-state index in [2.05, 4.69) is 33.2 Å². The van der Waals surface area contributed by atoms with Crippen LogP contribution >= 0.6 is 0 Å². The van der Waals surface area contributed by atoms with E-state index in [1.54, 1.807) is 12.0 Å². The monoisotopic (exact) mass is 640 g/mol. The molecule has 4 fully saturated rings. The second-order valence-electron chi connectivity index (χ2n) is 13.4. The smallest absolute Gasteiger partial charge is 0.280 e. The molecule has 2 aromatic rings. The summed E-state index contributed by atoms with van der Waals surface area (Å²) in [5.41, 5.74) is 3.52. The number of alkyl halides is 3. The van der Waals surface area contributed by atoms with Crippen molar-refractivity contribution in [1.29, 1.82) is 0 Å². The second-order valence-corrected chi connectivity index (χ2v) is 13.4. The Labute approximate surface area is 268 Å². The van der Waals surface area contributed by atoms with Crippen molar-refractivity contribution in [2.75, 3.05) is 75.9 Å². The zero-order valence-corrected chi connectivity index (χ0v) is 26.6. The van der Waals surface area contributed by atoms with E-state index in [4.69, 9.17) is 14.5 Å². The maximum atomic E-state index is 15.4. The van der Waals surface area contributed by atoms with Crippen LogP contribution in [-0.4, -0.2) is 110 Å². The molecule has 9 nitrogen and oxygen atoms in total. The van der Waals surface area contributed by atoms with Crippen molar-refractivity contribution in [3.63, 3.8) is 0 Å². The Hall–Kier alpha value is -3.22. The molecular formula is C34H43F3N6O3. The average Bonchev–Trinajstić information content (AvgIpc) is 3.13. The number of carbonyl (C=O) groups excluding carboxylic acids is 1. The number of nitrogens with zero attached hydrogens (tertiary/aromatic N) is 6. The highest BCUT2D eigenvalue weighted by molar-refractivity contribution is 5.87. The summed E-state index contributed by atoms with van der Waals surface area (Å²) < 4.78 is 56.0. The number of piperazine rings is 1. The summed E-state index contributed by atoms with van der Waals surface area (Å²) in [6.07, 6.45) is 1.02. The van der Waals surface area contributed by atoms with Gasteiger partial charge < -0.3 is 24.2 Å². The number of rotatable bonds is 7. The van der Waals surface area contributed by atoms with E-state index < -0.39 is 18.2 Å². The summed E-state index contributed by atoms with van der Waals surface area (Å²) in [6.45, 7) is 11.2. The van der Waals surface area contributed by atoms with Crippen molar-refractivity contribution in [2.45, 2.75) is 68.8 Å². The van der Waals surface area contributed by atoms with Gasteiger partial charge in [0.15, 0.2) is 5.60 Å². The molecule has 46 heavy (non-hydrogen) atoms. The Kier molecular flexibility index (Phi) is 8.48. The van der Waals surface area contributed by atoms with Gasteiger partial charge in [-0.15, -0.1) is 0 Å². The molecule has 0 saturated carbocycles. The van der Waals surface area contributed by atoms with Crippen LogP contribution in [0, 0.1) is 6.92 Å². The summed E-state index contributed by atoms with van der Waals surface area (Å²) in [4.78, 5) is 29.6. The highest BCUT2D eigenvalue weighted by atomic mass is 19.3. The fraction of sp³-hybridized carbons (Fsp3) is 0.618. The van der Waals surface area contributed by atoms with Gasteiger partial charge in [0, 0.05) is 101 Å². The van der Waals surface area contributed by atoms with Crippen LogP contribution in [-0.2, 0) is 26.3 Å². The van der Waals surface area contributed by atoms with E-state index in [1.165, 1.54) is 17.2 Å². The van der Waals surface area contributed by atoms with Crippen LogP contribution in [0.15, 0.2) is 31.0 Å². The van der Waals surface area contributed by atoms with E-state index in [0.717, 1.165) is 18.5 Å². The van der Waals surface area contributed by atoms with E-state index in [9.17, 15) is 13.6 Å². The molecule has 7 heterocycles. The van der Waals surface area contributed by atoms with Crippen molar-refractivity contribution < 1.29 is 27.4 Å². The van der Waals surface area contributed by atoms with E-state index >= 15 is 4.39 Å². The lowest BCUT2D eigenvalue weighted by Crippen LogP contribution is -2.69. The first-order chi connectivity index (χ1) is 22.2.